The van der Waals surface area contributed by atoms with Gasteiger partial charge in [0.2, 0.25) is 0 Å². The predicted octanol–water partition coefficient (Wildman–Crippen LogP) is 17.6. The van der Waals surface area contributed by atoms with Crippen LogP contribution in [0.25, 0.3) is 89.7 Å². The smallest absolute Gasteiger partial charge is 0.305 e. The highest BCUT2D eigenvalue weighted by Crippen LogP contribution is 2.46. The summed E-state index contributed by atoms with van der Waals surface area (Å²) in [7, 11) is 6.27. The van der Waals surface area contributed by atoms with Gasteiger partial charge in [0.05, 0.1) is 81.3 Å². The van der Waals surface area contributed by atoms with Crippen LogP contribution in [0, 0.1) is 0 Å². The van der Waals surface area contributed by atoms with E-state index in [1.807, 2.05) is 48.5 Å². The molecule has 2 aliphatic heterocycles. The molecule has 104 heavy (non-hydrogen) atoms. The van der Waals surface area contributed by atoms with E-state index in [2.05, 4.69) is 37.7 Å². The number of hydrogen-bond donors (Lipinski definition) is 2. The Balaban J connectivity index is 1.15. The van der Waals surface area contributed by atoms with Crippen molar-refractivity contribution in [1.29, 1.82) is 0 Å². The lowest BCUT2D eigenvalue weighted by Crippen LogP contribution is -2.07. The summed E-state index contributed by atoms with van der Waals surface area (Å²) < 4.78 is 72.1. The molecule has 0 unspecified atom stereocenters. The molecule has 0 fully saturated rings. The van der Waals surface area contributed by atoms with Crippen LogP contribution in [-0.4, -0.2) is 145 Å². The maximum Gasteiger partial charge on any atom is 0.305 e. The van der Waals surface area contributed by atoms with Crippen LogP contribution in [0.3, 0.4) is 0 Å². The maximum atomic E-state index is 12.7. The minimum Gasteiger partial charge on any atom is -0.493 e. The van der Waals surface area contributed by atoms with Gasteiger partial charge in [-0.3, -0.25) is 19.2 Å². The lowest BCUT2D eigenvalue weighted by Gasteiger charge is -2.13. The molecule has 0 spiro atoms. The quantitative estimate of drug-likeness (QED) is 0.0203. The van der Waals surface area contributed by atoms with Crippen molar-refractivity contribution in [2.24, 2.45) is 0 Å². The third-order valence-corrected chi connectivity index (χ3v) is 18.1. The molecule has 2 aliphatic rings. The summed E-state index contributed by atoms with van der Waals surface area (Å²) in [6.07, 6.45) is 22.0. The fourth-order valence-corrected chi connectivity index (χ4v) is 12.3. The average Bonchev–Trinajstić information content (AvgIpc) is 1.59. The molecule has 0 saturated carbocycles. The maximum absolute atomic E-state index is 12.7. The van der Waals surface area contributed by atoms with Gasteiger partial charge < -0.3 is 66.8 Å². The SMILES string of the molecule is CCCCCCOC(=O)CCCCOc1cc2c(cc1OC)-c1nc-2nc2[nH]c(nc3nc(nc4[nH]c(n1)c1cc(OCCCCC(=O)OCCCCCC)c(OC)cc41)-c1cc(OCCCCC(=O)OCCCCCC)c(OC)cc1-3)c1cc(OCCCCC(=O)OCCCCCC)c(OC)cc21. The molecular weight excluding hydrogens is 1330 g/mol. The first-order chi connectivity index (χ1) is 50.9. The molecule has 2 N–H and O–H groups in total. The zero-order valence-corrected chi connectivity index (χ0v) is 62.3. The molecule has 4 aromatic carbocycles. The number of esters is 4. The Hall–Kier alpha value is -9.48. The molecule has 8 bridgehead atoms. The number of methoxy groups -OCH3 is 4. The largest absolute Gasteiger partial charge is 0.493 e. The Labute approximate surface area is 610 Å². The lowest BCUT2D eigenvalue weighted by molar-refractivity contribution is -0.144. The number of fused-ring (bicyclic) bond motifs is 20. The number of H-pyrrole nitrogens is 2. The van der Waals surface area contributed by atoms with Crippen LogP contribution in [0.1, 0.15) is 207 Å². The number of carbonyl (C=O) groups excluding carboxylic acids is 4. The number of aromatic amines is 2. The van der Waals surface area contributed by atoms with Gasteiger partial charge in [-0.15, -0.1) is 0 Å². The van der Waals surface area contributed by atoms with Crippen molar-refractivity contribution in [1.82, 2.24) is 39.9 Å². The number of benzene rings is 4. The number of nitrogens with one attached hydrogen (secondary N) is 2. The monoisotopic (exact) mass is 1430 g/mol. The van der Waals surface area contributed by atoms with E-state index < -0.39 is 0 Å². The highest BCUT2D eigenvalue weighted by molar-refractivity contribution is 6.08. The van der Waals surface area contributed by atoms with Gasteiger partial charge in [-0.2, -0.15) is 0 Å². The summed E-state index contributed by atoms with van der Waals surface area (Å²) in [6, 6.07) is 14.7. The summed E-state index contributed by atoms with van der Waals surface area (Å²) in [5.74, 6) is 3.57. The van der Waals surface area contributed by atoms with E-state index in [1.54, 1.807) is 28.4 Å². The molecule has 24 nitrogen and oxygen atoms in total. The van der Waals surface area contributed by atoms with E-state index in [9.17, 15) is 19.2 Å². The number of rotatable bonds is 48. The Morgan fingerprint density at radius 3 is 0.740 bits per heavy atom. The van der Waals surface area contributed by atoms with Crippen molar-refractivity contribution in [3.8, 4) is 91.5 Å². The van der Waals surface area contributed by atoms with E-state index in [-0.39, 0.29) is 99.3 Å². The van der Waals surface area contributed by atoms with E-state index in [4.69, 9.17) is 86.7 Å². The van der Waals surface area contributed by atoms with Crippen molar-refractivity contribution < 1.29 is 76.0 Å². The van der Waals surface area contributed by atoms with Crippen LogP contribution in [0.2, 0.25) is 0 Å². The minimum absolute atomic E-state index is 0.226. The van der Waals surface area contributed by atoms with E-state index in [0.717, 1.165) is 103 Å². The van der Waals surface area contributed by atoms with Crippen LogP contribution >= 0.6 is 0 Å². The van der Waals surface area contributed by atoms with Gasteiger partial charge in [-0.05, 0) is 126 Å². The number of aromatic nitrogens is 8. The van der Waals surface area contributed by atoms with Crippen molar-refractivity contribution in [3.63, 3.8) is 0 Å². The normalized spacial score (nSPS) is 11.5. The first-order valence-electron chi connectivity index (χ1n) is 37.8. The number of ether oxygens (including phenoxy) is 12. The van der Waals surface area contributed by atoms with Gasteiger partial charge in [0.25, 0.3) is 0 Å². The lowest BCUT2D eigenvalue weighted by atomic mass is 10.1. The fourth-order valence-electron chi connectivity index (χ4n) is 12.3. The number of hydrogen-bond acceptors (Lipinski definition) is 22. The molecular formula is C80H106N8O16. The van der Waals surface area contributed by atoms with Gasteiger partial charge in [-0.25, -0.2) is 29.9 Å². The van der Waals surface area contributed by atoms with Gasteiger partial charge in [0.15, 0.2) is 69.3 Å². The standard InChI is InChI=1S/C80H106N8O16/c1-9-13-17-25-41-101-69(89)33-21-29-37-97-65-49-57-53(45-61(65)93-5)73-81-77(57)85-74-54-46-62(94-6)66(98-38-30-22-34-70(90)102-42-26-18-14-10-2)50-58(54)79(82-74)87-76-56-48-64(96-8)68(100-40-32-24-36-72(92)104-44-28-20-16-12-4)52-60(56)80(84-76)88-75-55-47-63(95-7)67(51-59(55)78(83-75)86-73)99-39-31-23-35-71(91)103-43-27-19-15-11-3/h45-52H,9-44H2,1-8H3,(H2,81,82,83,84,85,86,87,88). The third-order valence-electron chi connectivity index (χ3n) is 18.1. The first-order valence-corrected chi connectivity index (χ1v) is 37.8. The van der Waals surface area contributed by atoms with Gasteiger partial charge in [0.1, 0.15) is 22.6 Å². The highest BCUT2D eigenvalue weighted by atomic mass is 16.6. The summed E-state index contributed by atoms with van der Waals surface area (Å²) in [5, 5.41) is 2.41. The molecule has 562 valence electrons. The van der Waals surface area contributed by atoms with E-state index in [0.29, 0.717) is 190 Å². The molecule has 7 aromatic rings. The zero-order chi connectivity index (χ0) is 73.4. The minimum atomic E-state index is -0.227. The molecule has 0 amide bonds. The third kappa shape index (κ3) is 22.3. The second kappa shape index (κ2) is 41.7. The van der Waals surface area contributed by atoms with Gasteiger partial charge in [0, 0.05) is 69.5 Å². The summed E-state index contributed by atoms with van der Waals surface area (Å²) in [4.78, 5) is 89.5. The molecule has 3 aromatic heterocycles. The van der Waals surface area contributed by atoms with Crippen molar-refractivity contribution in [2.75, 3.05) is 81.3 Å². The second-order valence-corrected chi connectivity index (χ2v) is 26.2. The summed E-state index contributed by atoms with van der Waals surface area (Å²) >= 11 is 0. The molecule has 0 atom stereocenters. The summed E-state index contributed by atoms with van der Waals surface area (Å²) in [6.45, 7) is 11.4. The van der Waals surface area contributed by atoms with Crippen molar-refractivity contribution in [3.05, 3.63) is 48.5 Å². The Bertz CT molecular complexity index is 3890. The number of nitrogens with zero attached hydrogens (tertiary/aromatic N) is 6. The fraction of sp³-hybridized carbons (Fsp3) is 0.550. The Morgan fingerprint density at radius 2 is 0.490 bits per heavy atom. The molecule has 24 heteroatoms. The van der Waals surface area contributed by atoms with Crippen LogP contribution < -0.4 is 37.9 Å². The Kier molecular flexibility index (Phi) is 31.6. The molecule has 9 rings (SSSR count). The number of unbranched alkanes of at least 4 members (excludes halogenated alkanes) is 16. The second-order valence-electron chi connectivity index (χ2n) is 26.2. The van der Waals surface area contributed by atoms with E-state index in [1.165, 1.54) is 0 Å². The first kappa shape index (κ1) is 78.7. The van der Waals surface area contributed by atoms with Crippen molar-refractivity contribution in [2.45, 2.75) is 207 Å². The zero-order valence-electron chi connectivity index (χ0n) is 62.3. The van der Waals surface area contributed by atoms with Crippen LogP contribution in [0.5, 0.6) is 46.0 Å². The average molecular weight is 1440 g/mol. The van der Waals surface area contributed by atoms with Gasteiger partial charge in [-0.1, -0.05) is 105 Å². The molecule has 0 saturated heterocycles. The topological polar surface area (TPSA) is 288 Å². The van der Waals surface area contributed by atoms with Crippen LogP contribution in [0.4, 0.5) is 0 Å². The van der Waals surface area contributed by atoms with E-state index >= 15 is 0 Å². The molecule has 0 aliphatic carbocycles. The molecule has 5 heterocycles. The highest BCUT2D eigenvalue weighted by Gasteiger charge is 2.28. The van der Waals surface area contributed by atoms with Crippen LogP contribution in [0.15, 0.2) is 48.5 Å². The summed E-state index contributed by atoms with van der Waals surface area (Å²) in [5.41, 5.74) is 3.74. The van der Waals surface area contributed by atoms with Crippen molar-refractivity contribution >= 4 is 68.0 Å². The number of carbonyl (C=O) groups is 4. The van der Waals surface area contributed by atoms with Gasteiger partial charge >= 0.3 is 23.9 Å². The Morgan fingerprint density at radius 1 is 0.269 bits per heavy atom. The predicted molar refractivity (Wildman–Crippen MR) is 400 cm³/mol. The molecule has 0 radical (unpaired) electrons. The van der Waals surface area contributed by atoms with Crippen LogP contribution in [-0.2, 0) is 38.1 Å².